The van der Waals surface area contributed by atoms with Crippen LogP contribution in [-0.2, 0) is 21.1 Å². The number of pyridine rings is 2. The van der Waals surface area contributed by atoms with E-state index in [1.807, 2.05) is 48.5 Å². The van der Waals surface area contributed by atoms with Crippen molar-refractivity contribution in [1.29, 1.82) is 0 Å². The Balaban J connectivity index is 0.000000161. The molecule has 6 aromatic carbocycles. The van der Waals surface area contributed by atoms with E-state index < -0.39 is 0 Å². The molecule has 0 aliphatic heterocycles. The summed E-state index contributed by atoms with van der Waals surface area (Å²) in [6.45, 7) is 0. The second kappa shape index (κ2) is 16.9. The summed E-state index contributed by atoms with van der Waals surface area (Å²) in [5.41, 5.74) is 9.78. The van der Waals surface area contributed by atoms with Crippen LogP contribution in [0.1, 0.15) is 0 Å². The van der Waals surface area contributed by atoms with E-state index in [9.17, 15) is 0 Å². The van der Waals surface area contributed by atoms with Crippen LogP contribution in [0, 0.1) is 12.1 Å². The summed E-state index contributed by atoms with van der Waals surface area (Å²) in [5, 5.41) is 4.82. The molecule has 0 saturated heterocycles. The maximum absolute atomic E-state index is 5.52. The Morgan fingerprint density at radius 1 is 0.407 bits per heavy atom. The number of hydrogen-bond acceptors (Lipinski definition) is 6. The molecule has 10 rings (SSSR count). The number of hydrogen-bond donors (Lipinski definition) is 0. The van der Waals surface area contributed by atoms with Crippen LogP contribution >= 0.6 is 0 Å². The molecule has 0 aliphatic rings. The molecule has 0 atom stereocenters. The number of ether oxygens (including phenoxy) is 4. The monoisotopic (exact) mass is 953 g/mol. The first-order valence-corrected chi connectivity index (χ1v) is 18.8. The minimum absolute atomic E-state index is 0. The van der Waals surface area contributed by atoms with Crippen molar-refractivity contribution >= 4 is 43.6 Å². The summed E-state index contributed by atoms with van der Waals surface area (Å²) in [7, 11) is 6.65. The van der Waals surface area contributed by atoms with Crippen LogP contribution in [0.25, 0.3) is 77.5 Å². The fraction of sp³-hybridized carbons (Fsp3) is 0.0800. The van der Waals surface area contributed by atoms with E-state index in [0.717, 1.165) is 79.0 Å². The first kappa shape index (κ1) is 39.0. The van der Waals surface area contributed by atoms with Gasteiger partial charge in [-0.1, -0.05) is 84.9 Å². The van der Waals surface area contributed by atoms with E-state index in [2.05, 4.69) is 128 Å². The van der Waals surface area contributed by atoms with Gasteiger partial charge in [-0.25, -0.2) is 0 Å². The predicted molar refractivity (Wildman–Crippen MR) is 232 cm³/mol. The molecule has 0 aliphatic carbocycles. The minimum Gasteiger partial charge on any atom is -0.540 e. The molecule has 0 amide bonds. The number of para-hydroxylation sites is 4. The number of fused-ring (bicyclic) bond motifs is 6. The molecule has 0 radical (unpaired) electrons. The second-order valence-corrected chi connectivity index (χ2v) is 13.5. The summed E-state index contributed by atoms with van der Waals surface area (Å²) in [6.07, 6.45) is 3.50. The molecule has 8 nitrogen and oxygen atoms in total. The molecule has 4 aromatic heterocycles. The standard InChI is InChI=1S/2C25H19N2O2.Pt/c2*1-28-17-11-12-21(22-15-18(29-2)13-14-26-22)25(16-17)27-23-9-5-3-7-19(23)20-8-4-6-10-24(20)27;/h2*3-11,13-16H,1-2H3;/q2*-1;+2. The van der Waals surface area contributed by atoms with Crippen molar-refractivity contribution in [2.24, 2.45) is 0 Å². The Hall–Kier alpha value is -6.89. The molecule has 0 spiro atoms. The zero-order chi connectivity index (χ0) is 39.6. The number of aromatic nitrogens is 4. The normalized spacial score (nSPS) is 10.9. The molecule has 9 heteroatoms. The Kier molecular flexibility index (Phi) is 11.2. The van der Waals surface area contributed by atoms with Gasteiger partial charge in [-0.15, -0.1) is 35.4 Å². The van der Waals surface area contributed by atoms with E-state index in [4.69, 9.17) is 18.9 Å². The van der Waals surface area contributed by atoms with Crippen molar-refractivity contribution < 1.29 is 40.0 Å². The van der Waals surface area contributed by atoms with Gasteiger partial charge in [0.2, 0.25) is 0 Å². The van der Waals surface area contributed by atoms with E-state index >= 15 is 0 Å². The third-order valence-electron chi connectivity index (χ3n) is 10.3. The smallest absolute Gasteiger partial charge is 0.540 e. The minimum atomic E-state index is 0. The van der Waals surface area contributed by atoms with E-state index in [1.54, 1.807) is 40.8 Å². The quantitative estimate of drug-likeness (QED) is 0.141. The van der Waals surface area contributed by atoms with Crippen LogP contribution in [0.4, 0.5) is 0 Å². The van der Waals surface area contributed by atoms with Crippen LogP contribution in [0.2, 0.25) is 0 Å². The van der Waals surface area contributed by atoms with Crippen LogP contribution in [0.3, 0.4) is 0 Å². The first-order chi connectivity index (χ1) is 28.6. The van der Waals surface area contributed by atoms with Gasteiger partial charge in [0.25, 0.3) is 0 Å². The molecular formula is C50H38N4O4Pt. The third kappa shape index (κ3) is 7.17. The molecule has 10 aromatic rings. The van der Waals surface area contributed by atoms with Crippen molar-refractivity contribution in [3.05, 3.63) is 170 Å². The van der Waals surface area contributed by atoms with Crippen LogP contribution in [0.5, 0.6) is 23.0 Å². The summed E-state index contributed by atoms with van der Waals surface area (Å²) in [5.74, 6) is 3.00. The van der Waals surface area contributed by atoms with Gasteiger partial charge >= 0.3 is 21.1 Å². The molecule has 0 N–H and O–H groups in total. The van der Waals surface area contributed by atoms with E-state index in [1.165, 1.54) is 21.5 Å². The van der Waals surface area contributed by atoms with Gasteiger partial charge in [-0.05, 0) is 71.3 Å². The second-order valence-electron chi connectivity index (χ2n) is 13.5. The van der Waals surface area contributed by atoms with E-state index in [-0.39, 0.29) is 21.1 Å². The SMILES string of the molecule is COc1ccnc(-c2[c-]cc(OC)cc2-n2c3ccccc3c3ccccc32)c1.COc1ccnc(-c2[c-]cc(OC)cc2-n2c3ccccc3c3ccccc32)c1.[Pt+2]. The molecule has 0 bridgehead atoms. The average Bonchev–Trinajstić information content (AvgIpc) is 3.82. The first-order valence-electron chi connectivity index (χ1n) is 18.8. The van der Waals surface area contributed by atoms with Crippen molar-refractivity contribution in [2.75, 3.05) is 28.4 Å². The van der Waals surface area contributed by atoms with Gasteiger partial charge in [-0.3, -0.25) is 0 Å². The van der Waals surface area contributed by atoms with E-state index in [0.29, 0.717) is 0 Å². The zero-order valence-corrected chi connectivity index (χ0v) is 35.0. The average molecular weight is 954 g/mol. The number of nitrogens with zero attached hydrogens (tertiary/aromatic N) is 4. The Morgan fingerprint density at radius 2 is 0.729 bits per heavy atom. The Labute approximate surface area is 356 Å². The third-order valence-corrected chi connectivity index (χ3v) is 10.3. The molecule has 4 heterocycles. The topological polar surface area (TPSA) is 72.6 Å². The number of rotatable bonds is 8. The van der Waals surface area contributed by atoms with Crippen LogP contribution < -0.4 is 18.9 Å². The number of benzene rings is 6. The van der Waals surface area contributed by atoms with Crippen molar-refractivity contribution in [2.45, 2.75) is 0 Å². The fourth-order valence-electron chi connectivity index (χ4n) is 7.64. The summed E-state index contributed by atoms with van der Waals surface area (Å²) in [4.78, 5) is 9.16. The number of methoxy groups -OCH3 is 4. The molecule has 0 unspecified atom stereocenters. The van der Waals surface area contributed by atoms with Gasteiger partial charge in [0.1, 0.15) is 11.5 Å². The summed E-state index contributed by atoms with van der Waals surface area (Å²) in [6, 6.07) is 55.7. The van der Waals surface area contributed by atoms with Crippen molar-refractivity contribution in [1.82, 2.24) is 19.1 Å². The van der Waals surface area contributed by atoms with Crippen LogP contribution in [0.15, 0.2) is 158 Å². The molecule has 292 valence electrons. The van der Waals surface area contributed by atoms with Gasteiger partial charge in [-0.2, -0.15) is 0 Å². The van der Waals surface area contributed by atoms with Gasteiger partial charge < -0.3 is 38.0 Å². The maximum atomic E-state index is 5.52. The molecule has 0 saturated carbocycles. The van der Waals surface area contributed by atoms with Gasteiger partial charge in [0.05, 0.1) is 28.4 Å². The van der Waals surface area contributed by atoms with Crippen molar-refractivity contribution in [3.63, 3.8) is 0 Å². The largest absolute Gasteiger partial charge is 2.00 e. The van der Waals surface area contributed by atoms with Crippen LogP contribution in [-0.4, -0.2) is 47.5 Å². The van der Waals surface area contributed by atoms with Gasteiger partial charge in [0, 0.05) is 67.5 Å². The maximum Gasteiger partial charge on any atom is 2.00 e. The predicted octanol–water partition coefficient (Wildman–Crippen LogP) is 11.3. The van der Waals surface area contributed by atoms with Crippen molar-refractivity contribution in [3.8, 4) is 56.9 Å². The molecule has 0 fully saturated rings. The Morgan fingerprint density at radius 3 is 1.05 bits per heavy atom. The fourth-order valence-corrected chi connectivity index (χ4v) is 7.64. The summed E-state index contributed by atoms with van der Waals surface area (Å²) >= 11 is 0. The Bertz CT molecular complexity index is 2780. The summed E-state index contributed by atoms with van der Waals surface area (Å²) < 4.78 is 26.4. The van der Waals surface area contributed by atoms with Gasteiger partial charge in [0.15, 0.2) is 0 Å². The zero-order valence-electron chi connectivity index (χ0n) is 32.7. The molecular weight excluding hydrogens is 916 g/mol. The molecule has 59 heavy (non-hydrogen) atoms.